The molecule has 0 bridgehead atoms. The minimum absolute atomic E-state index is 0.0606. The first kappa shape index (κ1) is 14.5. The maximum Gasteiger partial charge on any atom is 0.306 e. The zero-order chi connectivity index (χ0) is 13.5. The maximum atomic E-state index is 11.7. The molecule has 1 fully saturated rings. The van der Waals surface area contributed by atoms with Gasteiger partial charge in [-0.3, -0.25) is 9.69 Å². The van der Waals surface area contributed by atoms with Gasteiger partial charge in [-0.15, -0.1) is 0 Å². The lowest BCUT2D eigenvalue weighted by molar-refractivity contribution is -0.145. The van der Waals surface area contributed by atoms with Gasteiger partial charge in [-0.2, -0.15) is 11.3 Å². The van der Waals surface area contributed by atoms with Gasteiger partial charge in [0.1, 0.15) is 6.61 Å². The van der Waals surface area contributed by atoms with Crippen LogP contribution in [0.1, 0.15) is 38.2 Å². The molecule has 0 N–H and O–H groups in total. The summed E-state index contributed by atoms with van der Waals surface area (Å²) in [6, 6.07) is 2.52. The van der Waals surface area contributed by atoms with Gasteiger partial charge in [-0.1, -0.05) is 6.92 Å². The first-order valence-electron chi connectivity index (χ1n) is 7.20. The van der Waals surface area contributed by atoms with Gasteiger partial charge in [-0.05, 0) is 61.2 Å². The van der Waals surface area contributed by atoms with E-state index in [1.807, 2.05) is 5.38 Å². The van der Waals surface area contributed by atoms with Gasteiger partial charge in [-0.25, -0.2) is 0 Å². The van der Waals surface area contributed by atoms with Crippen molar-refractivity contribution < 1.29 is 9.53 Å². The van der Waals surface area contributed by atoms with Crippen LogP contribution in [0.3, 0.4) is 0 Å². The van der Waals surface area contributed by atoms with Crippen molar-refractivity contribution in [3.63, 3.8) is 0 Å². The quantitative estimate of drug-likeness (QED) is 0.719. The fourth-order valence-electron chi connectivity index (χ4n) is 2.61. The summed E-state index contributed by atoms with van der Waals surface area (Å²) in [6.45, 7) is 5.05. The van der Waals surface area contributed by atoms with E-state index < -0.39 is 0 Å². The highest BCUT2D eigenvalue weighted by Crippen LogP contribution is 2.18. The number of carbonyl (C=O) groups is 1. The van der Waals surface area contributed by atoms with Crippen LogP contribution in [0, 0.1) is 0 Å². The third kappa shape index (κ3) is 4.62. The lowest BCUT2D eigenvalue weighted by Gasteiger charge is -2.23. The number of thiophene rings is 1. The predicted molar refractivity (Wildman–Crippen MR) is 78.5 cm³/mol. The average molecular weight is 281 g/mol. The van der Waals surface area contributed by atoms with Crippen LogP contribution >= 0.6 is 11.3 Å². The number of likely N-dealkylation sites (tertiary alicyclic amines) is 1. The summed E-state index contributed by atoms with van der Waals surface area (Å²) in [5.74, 6) is -0.0606. The Morgan fingerprint density at radius 3 is 3.21 bits per heavy atom. The molecule has 1 aromatic rings. The van der Waals surface area contributed by atoms with Crippen molar-refractivity contribution in [3.05, 3.63) is 22.4 Å². The molecular formula is C15H23NO2S. The molecule has 1 aliphatic rings. The molecule has 1 aliphatic heterocycles. The number of hydrogen-bond donors (Lipinski definition) is 0. The third-order valence-corrected chi connectivity index (χ3v) is 4.38. The van der Waals surface area contributed by atoms with Crippen molar-refractivity contribution in [1.29, 1.82) is 0 Å². The Kier molecular flexibility index (Phi) is 5.86. The molecule has 0 aromatic carbocycles. The summed E-state index contributed by atoms with van der Waals surface area (Å²) >= 11 is 1.67. The van der Waals surface area contributed by atoms with Crippen LogP contribution in [-0.2, 0) is 16.0 Å². The summed E-state index contributed by atoms with van der Waals surface area (Å²) in [5.41, 5.74) is 1.23. The molecule has 0 saturated carbocycles. The van der Waals surface area contributed by atoms with E-state index in [2.05, 4.69) is 23.3 Å². The summed E-state index contributed by atoms with van der Waals surface area (Å²) in [4.78, 5) is 14.2. The second kappa shape index (κ2) is 7.65. The largest absolute Gasteiger partial charge is 0.464 e. The molecule has 0 spiro atoms. The summed E-state index contributed by atoms with van der Waals surface area (Å²) < 4.78 is 5.42. The fraction of sp³-hybridized carbons (Fsp3) is 0.667. The molecule has 1 aromatic heterocycles. The SMILES string of the molecule is CCCN1CCC[C@@H]1COC(=O)CCc1ccsc1. The van der Waals surface area contributed by atoms with Gasteiger partial charge in [0.05, 0.1) is 0 Å². The Morgan fingerprint density at radius 2 is 2.47 bits per heavy atom. The van der Waals surface area contributed by atoms with E-state index in [0.717, 1.165) is 25.9 Å². The number of esters is 1. The molecule has 106 valence electrons. The summed E-state index contributed by atoms with van der Waals surface area (Å²) in [7, 11) is 0. The minimum atomic E-state index is -0.0606. The van der Waals surface area contributed by atoms with E-state index in [0.29, 0.717) is 19.1 Å². The molecule has 2 rings (SSSR count). The molecule has 2 heterocycles. The Bertz CT molecular complexity index is 378. The van der Waals surface area contributed by atoms with Gasteiger partial charge in [0.15, 0.2) is 0 Å². The van der Waals surface area contributed by atoms with E-state index in [9.17, 15) is 4.79 Å². The molecule has 1 atom stereocenters. The summed E-state index contributed by atoms with van der Waals surface area (Å²) in [6.07, 6.45) is 4.86. The van der Waals surface area contributed by atoms with Crippen molar-refractivity contribution in [2.24, 2.45) is 0 Å². The van der Waals surface area contributed by atoms with Crippen LogP contribution in [0.5, 0.6) is 0 Å². The van der Waals surface area contributed by atoms with E-state index in [4.69, 9.17) is 4.74 Å². The second-order valence-corrected chi connectivity index (χ2v) is 5.93. The van der Waals surface area contributed by atoms with Gasteiger partial charge >= 0.3 is 5.97 Å². The maximum absolute atomic E-state index is 11.7. The standard InChI is InChI=1S/C15H23NO2S/c1-2-8-16-9-3-4-14(16)11-18-15(17)6-5-13-7-10-19-12-13/h7,10,12,14H,2-6,8-9,11H2,1H3/t14-/m1/s1. The van der Waals surface area contributed by atoms with Crippen LogP contribution in [0.2, 0.25) is 0 Å². The van der Waals surface area contributed by atoms with Gasteiger partial charge < -0.3 is 4.74 Å². The van der Waals surface area contributed by atoms with E-state index in [1.165, 1.54) is 18.4 Å². The molecule has 0 unspecified atom stereocenters. The molecule has 3 nitrogen and oxygen atoms in total. The molecule has 19 heavy (non-hydrogen) atoms. The van der Waals surface area contributed by atoms with Crippen molar-refractivity contribution in [1.82, 2.24) is 4.90 Å². The first-order chi connectivity index (χ1) is 9.29. The number of carbonyl (C=O) groups excluding carboxylic acids is 1. The van der Waals surface area contributed by atoms with Crippen LogP contribution < -0.4 is 0 Å². The molecule has 1 saturated heterocycles. The van der Waals surface area contributed by atoms with E-state index in [-0.39, 0.29) is 5.97 Å². The zero-order valence-corrected chi connectivity index (χ0v) is 12.5. The number of ether oxygens (including phenoxy) is 1. The molecule has 0 radical (unpaired) electrons. The number of hydrogen-bond acceptors (Lipinski definition) is 4. The third-order valence-electron chi connectivity index (χ3n) is 3.64. The number of nitrogens with zero attached hydrogens (tertiary/aromatic N) is 1. The van der Waals surface area contributed by atoms with Crippen molar-refractivity contribution in [2.45, 2.75) is 45.1 Å². The highest BCUT2D eigenvalue weighted by molar-refractivity contribution is 7.07. The Morgan fingerprint density at radius 1 is 1.58 bits per heavy atom. The van der Waals surface area contributed by atoms with E-state index >= 15 is 0 Å². The molecular weight excluding hydrogens is 258 g/mol. The normalized spacial score (nSPS) is 19.7. The second-order valence-electron chi connectivity index (χ2n) is 5.15. The highest BCUT2D eigenvalue weighted by Gasteiger charge is 2.24. The van der Waals surface area contributed by atoms with Gasteiger partial charge in [0.2, 0.25) is 0 Å². The lowest BCUT2D eigenvalue weighted by atomic mass is 10.2. The smallest absolute Gasteiger partial charge is 0.306 e. The van der Waals surface area contributed by atoms with Crippen LogP contribution in [0.25, 0.3) is 0 Å². The van der Waals surface area contributed by atoms with Crippen LogP contribution in [-0.4, -0.2) is 36.6 Å². The molecule has 0 amide bonds. The van der Waals surface area contributed by atoms with Crippen molar-refractivity contribution >= 4 is 17.3 Å². The minimum Gasteiger partial charge on any atom is -0.464 e. The fourth-order valence-corrected chi connectivity index (χ4v) is 3.31. The zero-order valence-electron chi connectivity index (χ0n) is 11.6. The topological polar surface area (TPSA) is 29.5 Å². The molecule has 4 heteroatoms. The number of rotatable bonds is 7. The van der Waals surface area contributed by atoms with Gasteiger partial charge in [0, 0.05) is 12.5 Å². The van der Waals surface area contributed by atoms with Crippen molar-refractivity contribution in [3.8, 4) is 0 Å². The Balaban J connectivity index is 1.65. The summed E-state index contributed by atoms with van der Waals surface area (Å²) in [5, 5.41) is 4.13. The van der Waals surface area contributed by atoms with Crippen LogP contribution in [0.15, 0.2) is 16.8 Å². The Labute approximate surface area is 119 Å². The first-order valence-corrected chi connectivity index (χ1v) is 8.14. The van der Waals surface area contributed by atoms with E-state index in [1.54, 1.807) is 11.3 Å². The predicted octanol–water partition coefficient (Wildman–Crippen LogP) is 3.10. The monoisotopic (exact) mass is 281 g/mol. The lowest BCUT2D eigenvalue weighted by Crippen LogP contribution is -2.34. The number of aryl methyl sites for hydroxylation is 1. The van der Waals surface area contributed by atoms with Crippen LogP contribution in [0.4, 0.5) is 0 Å². The Hall–Kier alpha value is -0.870. The highest BCUT2D eigenvalue weighted by atomic mass is 32.1. The average Bonchev–Trinajstić information content (AvgIpc) is 3.06. The van der Waals surface area contributed by atoms with Gasteiger partial charge in [0.25, 0.3) is 0 Å². The molecule has 0 aliphatic carbocycles. The van der Waals surface area contributed by atoms with Crippen molar-refractivity contribution in [2.75, 3.05) is 19.7 Å².